The number of aromatic amines is 1. The van der Waals surface area contributed by atoms with Crippen molar-refractivity contribution in [2.75, 3.05) is 0 Å². The Morgan fingerprint density at radius 1 is 1.17 bits per heavy atom. The van der Waals surface area contributed by atoms with E-state index in [1.54, 1.807) is 6.20 Å². The van der Waals surface area contributed by atoms with Crippen LogP contribution in [0, 0.1) is 0 Å². The van der Waals surface area contributed by atoms with Gasteiger partial charge in [-0.3, -0.25) is 4.98 Å². The Balaban J connectivity index is 1.79. The van der Waals surface area contributed by atoms with Gasteiger partial charge in [-0.1, -0.05) is 6.07 Å². The van der Waals surface area contributed by atoms with Gasteiger partial charge in [0.25, 0.3) is 0 Å². The van der Waals surface area contributed by atoms with Gasteiger partial charge in [-0.15, -0.1) is 0 Å². The average molecular weight is 303 g/mol. The van der Waals surface area contributed by atoms with Gasteiger partial charge in [0.2, 0.25) is 0 Å². The van der Waals surface area contributed by atoms with Crippen LogP contribution in [0.15, 0.2) is 41.1 Å². The molecule has 3 aromatic rings. The van der Waals surface area contributed by atoms with E-state index in [0.29, 0.717) is 0 Å². The van der Waals surface area contributed by atoms with Gasteiger partial charge in [0, 0.05) is 29.0 Å². The summed E-state index contributed by atoms with van der Waals surface area (Å²) >= 11 is 3.40. The van der Waals surface area contributed by atoms with Crippen LogP contribution >= 0.6 is 15.9 Å². The van der Waals surface area contributed by atoms with E-state index >= 15 is 0 Å². The molecule has 18 heavy (non-hydrogen) atoms. The van der Waals surface area contributed by atoms with Crippen molar-refractivity contribution in [3.05, 3.63) is 52.7 Å². The van der Waals surface area contributed by atoms with E-state index in [9.17, 15) is 0 Å². The summed E-state index contributed by atoms with van der Waals surface area (Å²) in [5.41, 5.74) is 2.79. The summed E-state index contributed by atoms with van der Waals surface area (Å²) in [5, 5.41) is 0. The number of aryl methyl sites for hydroxylation is 2. The van der Waals surface area contributed by atoms with Gasteiger partial charge >= 0.3 is 0 Å². The third kappa shape index (κ3) is 2.41. The maximum Gasteiger partial charge on any atom is 0.177 e. The third-order valence-corrected chi connectivity index (χ3v) is 3.13. The fourth-order valence-corrected chi connectivity index (χ4v) is 2.17. The second-order valence-electron chi connectivity index (χ2n) is 4.03. The Morgan fingerprint density at radius 2 is 2.11 bits per heavy atom. The van der Waals surface area contributed by atoms with Crippen molar-refractivity contribution in [2.45, 2.75) is 12.8 Å². The van der Waals surface area contributed by atoms with Crippen LogP contribution in [-0.2, 0) is 12.8 Å². The number of aromatic nitrogens is 4. The molecule has 0 radical (unpaired) electrons. The fraction of sp³-hybridized carbons (Fsp3) is 0.154. The summed E-state index contributed by atoms with van der Waals surface area (Å²) < 4.78 is 0.954. The van der Waals surface area contributed by atoms with Crippen LogP contribution in [0.25, 0.3) is 11.2 Å². The molecule has 90 valence electrons. The normalized spacial score (nSPS) is 10.9. The maximum atomic E-state index is 4.45. The summed E-state index contributed by atoms with van der Waals surface area (Å²) in [7, 11) is 0. The summed E-state index contributed by atoms with van der Waals surface area (Å²) in [6, 6.07) is 7.93. The molecule has 0 aliphatic rings. The summed E-state index contributed by atoms with van der Waals surface area (Å²) in [4.78, 5) is 16.3. The second-order valence-corrected chi connectivity index (χ2v) is 4.94. The topological polar surface area (TPSA) is 54.5 Å². The predicted octanol–water partition coefficient (Wildman–Crippen LogP) is 2.90. The number of nitrogens with one attached hydrogen (secondary N) is 1. The maximum absolute atomic E-state index is 4.45. The molecule has 0 unspecified atom stereocenters. The number of fused-ring (bicyclic) bond motifs is 1. The van der Waals surface area contributed by atoms with Crippen LogP contribution in [0.5, 0.6) is 0 Å². The van der Waals surface area contributed by atoms with Crippen molar-refractivity contribution < 1.29 is 0 Å². The lowest BCUT2D eigenvalue weighted by Crippen LogP contribution is -1.95. The summed E-state index contributed by atoms with van der Waals surface area (Å²) in [6.45, 7) is 0. The van der Waals surface area contributed by atoms with Gasteiger partial charge < -0.3 is 4.98 Å². The molecule has 0 fully saturated rings. The molecule has 5 heteroatoms. The molecule has 3 heterocycles. The third-order valence-electron chi connectivity index (χ3n) is 2.70. The van der Waals surface area contributed by atoms with E-state index in [0.717, 1.165) is 40.0 Å². The van der Waals surface area contributed by atoms with E-state index < -0.39 is 0 Å². The minimum atomic E-state index is 0.759. The molecule has 0 spiro atoms. The lowest BCUT2D eigenvalue weighted by atomic mass is 10.2. The number of rotatable bonds is 3. The molecule has 1 N–H and O–H groups in total. The van der Waals surface area contributed by atoms with E-state index in [4.69, 9.17) is 0 Å². The molecule has 3 aromatic heterocycles. The number of imidazole rings is 1. The van der Waals surface area contributed by atoms with E-state index in [-0.39, 0.29) is 0 Å². The van der Waals surface area contributed by atoms with Crippen LogP contribution in [0.4, 0.5) is 0 Å². The first kappa shape index (κ1) is 11.3. The molecule has 0 atom stereocenters. The van der Waals surface area contributed by atoms with Crippen LogP contribution in [0.3, 0.4) is 0 Å². The lowest BCUT2D eigenvalue weighted by molar-refractivity contribution is 0.860. The fourth-order valence-electron chi connectivity index (χ4n) is 1.84. The Morgan fingerprint density at radius 3 is 2.94 bits per heavy atom. The van der Waals surface area contributed by atoms with Gasteiger partial charge in [-0.2, -0.15) is 0 Å². The number of hydrogen-bond donors (Lipinski definition) is 1. The van der Waals surface area contributed by atoms with Crippen molar-refractivity contribution in [3.63, 3.8) is 0 Å². The van der Waals surface area contributed by atoms with Crippen molar-refractivity contribution in [2.24, 2.45) is 0 Å². The SMILES string of the molecule is Brc1cnc2nc(CCc3ccccn3)[nH]c2c1. The smallest absolute Gasteiger partial charge is 0.177 e. The van der Waals surface area contributed by atoms with Gasteiger partial charge in [-0.05, 0) is 40.5 Å². The predicted molar refractivity (Wildman–Crippen MR) is 73.2 cm³/mol. The molecule has 0 saturated heterocycles. The highest BCUT2D eigenvalue weighted by atomic mass is 79.9. The molecular weight excluding hydrogens is 292 g/mol. The minimum Gasteiger partial charge on any atom is -0.341 e. The van der Waals surface area contributed by atoms with Crippen LogP contribution < -0.4 is 0 Å². The molecule has 0 amide bonds. The van der Waals surface area contributed by atoms with E-state index in [1.807, 2.05) is 30.5 Å². The summed E-state index contributed by atoms with van der Waals surface area (Å²) in [5.74, 6) is 0.946. The largest absolute Gasteiger partial charge is 0.341 e. The van der Waals surface area contributed by atoms with Crippen molar-refractivity contribution in [3.8, 4) is 0 Å². The van der Waals surface area contributed by atoms with E-state index in [1.165, 1.54) is 0 Å². The molecular formula is C13H11BrN4. The first-order chi connectivity index (χ1) is 8.81. The van der Waals surface area contributed by atoms with Crippen molar-refractivity contribution in [1.29, 1.82) is 0 Å². The molecule has 0 bridgehead atoms. The Hall–Kier alpha value is -1.75. The average Bonchev–Trinajstić information content (AvgIpc) is 2.79. The molecule has 0 saturated carbocycles. The molecule has 4 nitrogen and oxygen atoms in total. The Labute approximate surface area is 113 Å². The first-order valence-corrected chi connectivity index (χ1v) is 6.50. The van der Waals surface area contributed by atoms with Crippen molar-refractivity contribution in [1.82, 2.24) is 19.9 Å². The van der Waals surface area contributed by atoms with Gasteiger partial charge in [-0.25, -0.2) is 9.97 Å². The van der Waals surface area contributed by atoms with Crippen LogP contribution in [0.2, 0.25) is 0 Å². The summed E-state index contributed by atoms with van der Waals surface area (Å²) in [6.07, 6.45) is 5.28. The minimum absolute atomic E-state index is 0.759. The van der Waals surface area contributed by atoms with Crippen molar-refractivity contribution >= 4 is 27.1 Å². The second kappa shape index (κ2) is 4.86. The zero-order valence-electron chi connectivity index (χ0n) is 9.60. The molecule has 3 rings (SSSR count). The Kier molecular flexibility index (Phi) is 3.06. The quantitative estimate of drug-likeness (QED) is 0.809. The lowest BCUT2D eigenvalue weighted by Gasteiger charge is -1.96. The molecule has 0 aliphatic heterocycles. The highest BCUT2D eigenvalue weighted by Crippen LogP contribution is 2.15. The monoisotopic (exact) mass is 302 g/mol. The highest BCUT2D eigenvalue weighted by Gasteiger charge is 2.04. The van der Waals surface area contributed by atoms with Crippen LogP contribution in [-0.4, -0.2) is 19.9 Å². The molecule has 0 aromatic carbocycles. The zero-order valence-corrected chi connectivity index (χ0v) is 11.2. The number of H-pyrrole nitrogens is 1. The van der Waals surface area contributed by atoms with E-state index in [2.05, 4.69) is 35.9 Å². The number of halogens is 1. The highest BCUT2D eigenvalue weighted by molar-refractivity contribution is 9.10. The Bertz CT molecular complexity index is 663. The van der Waals surface area contributed by atoms with Gasteiger partial charge in [0.05, 0.1) is 5.52 Å². The molecule has 0 aliphatic carbocycles. The number of nitrogens with zero attached hydrogens (tertiary/aromatic N) is 3. The van der Waals surface area contributed by atoms with Gasteiger partial charge in [0.1, 0.15) is 5.82 Å². The number of pyridine rings is 2. The van der Waals surface area contributed by atoms with Gasteiger partial charge in [0.15, 0.2) is 5.65 Å². The standard InChI is InChI=1S/C13H11BrN4/c14-9-7-11-13(16-8-9)18-12(17-11)5-4-10-3-1-2-6-15-10/h1-3,6-8H,4-5H2,(H,16,17,18). The zero-order chi connectivity index (χ0) is 12.4. The number of hydrogen-bond acceptors (Lipinski definition) is 3. The first-order valence-electron chi connectivity index (χ1n) is 5.71. The van der Waals surface area contributed by atoms with Crippen LogP contribution in [0.1, 0.15) is 11.5 Å².